The molecule has 2 atom stereocenters. The van der Waals surface area contributed by atoms with Crippen LogP contribution in [0.1, 0.15) is 45.6 Å². The molecule has 0 saturated carbocycles. The lowest BCUT2D eigenvalue weighted by atomic mass is 9.85. The molecule has 0 saturated heterocycles. The fraction of sp³-hybridized carbons (Fsp3) is 0.600. The summed E-state index contributed by atoms with van der Waals surface area (Å²) in [7, 11) is -4.64. The van der Waals surface area contributed by atoms with Gasteiger partial charge in [0, 0.05) is 0 Å². The maximum Gasteiger partial charge on any atom is 0.355 e. The number of sulfonamides is 1. The highest BCUT2D eigenvalue weighted by molar-refractivity contribution is 7.93. The third kappa shape index (κ3) is 4.95. The van der Waals surface area contributed by atoms with Gasteiger partial charge in [-0.15, -0.1) is 0 Å². The van der Waals surface area contributed by atoms with Gasteiger partial charge in [0.15, 0.2) is 0 Å². The molecule has 1 aromatic rings. The molecular formula is C15H23F2NO2S. The standard InChI is InChI=1S/C15H23F2NO2S/c1-10(2)11(3)9-12(4)13-7-5-6-8-14(13)18-21(19,20)15(16)17/h5-8,10-12,15,18H,9H2,1-4H3. The lowest BCUT2D eigenvalue weighted by Crippen LogP contribution is -2.21. The molecular weight excluding hydrogens is 296 g/mol. The zero-order chi connectivity index (χ0) is 16.2. The minimum atomic E-state index is -4.64. The van der Waals surface area contributed by atoms with Gasteiger partial charge in [-0.3, -0.25) is 4.72 Å². The van der Waals surface area contributed by atoms with Crippen molar-refractivity contribution in [3.05, 3.63) is 29.8 Å². The van der Waals surface area contributed by atoms with Gasteiger partial charge in [-0.1, -0.05) is 45.9 Å². The Morgan fingerprint density at radius 1 is 1.10 bits per heavy atom. The topological polar surface area (TPSA) is 46.2 Å². The molecule has 0 aliphatic carbocycles. The van der Waals surface area contributed by atoms with E-state index in [2.05, 4.69) is 20.8 Å². The van der Waals surface area contributed by atoms with Crippen molar-refractivity contribution in [2.75, 3.05) is 4.72 Å². The lowest BCUT2D eigenvalue weighted by Gasteiger charge is -2.22. The first-order chi connectivity index (χ1) is 9.65. The van der Waals surface area contributed by atoms with Crippen molar-refractivity contribution < 1.29 is 17.2 Å². The molecule has 120 valence electrons. The number of hydrogen-bond donors (Lipinski definition) is 1. The summed E-state index contributed by atoms with van der Waals surface area (Å²) in [6, 6.07) is 6.71. The van der Waals surface area contributed by atoms with Crippen LogP contribution in [-0.2, 0) is 10.0 Å². The maximum absolute atomic E-state index is 12.5. The summed E-state index contributed by atoms with van der Waals surface area (Å²) in [5.74, 6) is -2.38. The number of alkyl halides is 2. The average Bonchev–Trinajstić information content (AvgIpc) is 2.38. The van der Waals surface area contributed by atoms with E-state index >= 15 is 0 Å². The molecule has 0 aliphatic heterocycles. The molecule has 0 radical (unpaired) electrons. The number of anilines is 1. The number of benzene rings is 1. The summed E-state index contributed by atoms with van der Waals surface area (Å²) in [5, 5.41) is 0. The van der Waals surface area contributed by atoms with Gasteiger partial charge in [0.05, 0.1) is 5.69 Å². The van der Waals surface area contributed by atoms with E-state index in [1.807, 2.05) is 11.6 Å². The van der Waals surface area contributed by atoms with Crippen LogP contribution in [0.4, 0.5) is 14.5 Å². The molecule has 2 unspecified atom stereocenters. The first kappa shape index (κ1) is 17.9. The van der Waals surface area contributed by atoms with Crippen LogP contribution in [-0.4, -0.2) is 14.2 Å². The first-order valence-electron chi connectivity index (χ1n) is 7.03. The second-order valence-electron chi connectivity index (χ2n) is 5.85. The van der Waals surface area contributed by atoms with Gasteiger partial charge in [-0.2, -0.15) is 8.78 Å². The zero-order valence-electron chi connectivity index (χ0n) is 12.8. The number of para-hydroxylation sites is 1. The fourth-order valence-electron chi connectivity index (χ4n) is 2.17. The molecule has 0 aromatic heterocycles. The number of nitrogens with one attached hydrogen (secondary N) is 1. The Kier molecular flexibility index (Phi) is 6.13. The van der Waals surface area contributed by atoms with Gasteiger partial charge >= 0.3 is 5.76 Å². The Balaban J connectivity index is 2.99. The van der Waals surface area contributed by atoms with Crippen LogP contribution in [0, 0.1) is 11.8 Å². The second-order valence-corrected chi connectivity index (χ2v) is 7.50. The predicted octanol–water partition coefficient (Wildman–Crippen LogP) is 4.44. The maximum atomic E-state index is 12.5. The van der Waals surface area contributed by atoms with Gasteiger partial charge in [0.25, 0.3) is 10.0 Å². The van der Waals surface area contributed by atoms with E-state index in [9.17, 15) is 17.2 Å². The van der Waals surface area contributed by atoms with E-state index in [-0.39, 0.29) is 11.6 Å². The van der Waals surface area contributed by atoms with Crippen LogP contribution in [0.2, 0.25) is 0 Å². The number of rotatable bonds is 7. The fourth-order valence-corrected chi connectivity index (χ4v) is 2.76. The van der Waals surface area contributed by atoms with Crippen molar-refractivity contribution >= 4 is 15.7 Å². The van der Waals surface area contributed by atoms with Gasteiger partial charge in [0.2, 0.25) is 0 Å². The largest absolute Gasteiger partial charge is 0.355 e. The average molecular weight is 319 g/mol. The van der Waals surface area contributed by atoms with Gasteiger partial charge < -0.3 is 0 Å². The summed E-state index contributed by atoms with van der Waals surface area (Å²) in [4.78, 5) is 0. The van der Waals surface area contributed by atoms with Crippen LogP contribution in [0.3, 0.4) is 0 Å². The van der Waals surface area contributed by atoms with Crippen molar-refractivity contribution in [3.8, 4) is 0 Å². The van der Waals surface area contributed by atoms with E-state index in [0.717, 1.165) is 12.0 Å². The highest BCUT2D eigenvalue weighted by atomic mass is 32.2. The molecule has 3 nitrogen and oxygen atoms in total. The van der Waals surface area contributed by atoms with Gasteiger partial charge in [-0.25, -0.2) is 8.42 Å². The Morgan fingerprint density at radius 2 is 1.67 bits per heavy atom. The third-order valence-corrected chi connectivity index (χ3v) is 4.82. The SMILES string of the molecule is CC(CC(C)C(C)C)c1ccccc1NS(=O)(=O)C(F)F. The molecule has 21 heavy (non-hydrogen) atoms. The Hall–Kier alpha value is -1.17. The molecule has 6 heteroatoms. The predicted molar refractivity (Wildman–Crippen MR) is 82.0 cm³/mol. The van der Waals surface area contributed by atoms with Crippen LogP contribution in [0.25, 0.3) is 0 Å². The summed E-state index contributed by atoms with van der Waals surface area (Å²) < 4.78 is 49.7. The van der Waals surface area contributed by atoms with Crippen molar-refractivity contribution in [1.82, 2.24) is 0 Å². The van der Waals surface area contributed by atoms with Crippen LogP contribution >= 0.6 is 0 Å². The van der Waals surface area contributed by atoms with Crippen molar-refractivity contribution in [2.24, 2.45) is 11.8 Å². The van der Waals surface area contributed by atoms with Gasteiger partial charge in [-0.05, 0) is 35.8 Å². The number of halogens is 2. The molecule has 0 heterocycles. The lowest BCUT2D eigenvalue weighted by molar-refractivity contribution is 0.236. The summed E-state index contributed by atoms with van der Waals surface area (Å²) >= 11 is 0. The third-order valence-electron chi connectivity index (χ3n) is 3.84. The van der Waals surface area contributed by atoms with E-state index in [4.69, 9.17) is 0 Å². The first-order valence-corrected chi connectivity index (χ1v) is 8.58. The van der Waals surface area contributed by atoms with Crippen molar-refractivity contribution in [1.29, 1.82) is 0 Å². The highest BCUT2D eigenvalue weighted by Crippen LogP contribution is 2.32. The second kappa shape index (κ2) is 7.20. The van der Waals surface area contributed by atoms with E-state index in [0.29, 0.717) is 11.8 Å². The molecule has 1 rings (SSSR count). The smallest absolute Gasteiger partial charge is 0.279 e. The summed E-state index contributed by atoms with van der Waals surface area (Å²) in [6.45, 7) is 8.37. The van der Waals surface area contributed by atoms with E-state index < -0.39 is 15.8 Å². The zero-order valence-corrected chi connectivity index (χ0v) is 13.6. The monoisotopic (exact) mass is 319 g/mol. The van der Waals surface area contributed by atoms with Gasteiger partial charge in [0.1, 0.15) is 0 Å². The minimum Gasteiger partial charge on any atom is -0.279 e. The highest BCUT2D eigenvalue weighted by Gasteiger charge is 2.25. The molecule has 0 bridgehead atoms. The minimum absolute atomic E-state index is 0.0824. The van der Waals surface area contributed by atoms with E-state index in [1.54, 1.807) is 18.2 Å². The molecule has 1 aromatic carbocycles. The molecule has 0 aliphatic rings. The summed E-state index contributed by atoms with van der Waals surface area (Å²) in [5.41, 5.74) is 0.982. The molecule has 0 fully saturated rings. The molecule has 0 spiro atoms. The van der Waals surface area contributed by atoms with Crippen LogP contribution in [0.15, 0.2) is 24.3 Å². The Labute approximate surface area is 125 Å². The number of hydrogen-bond acceptors (Lipinski definition) is 2. The van der Waals surface area contributed by atoms with E-state index in [1.165, 1.54) is 6.07 Å². The normalized spacial score (nSPS) is 15.2. The van der Waals surface area contributed by atoms with Crippen molar-refractivity contribution in [3.63, 3.8) is 0 Å². The van der Waals surface area contributed by atoms with Crippen molar-refractivity contribution in [2.45, 2.75) is 45.8 Å². The molecule has 0 amide bonds. The van der Waals surface area contributed by atoms with Crippen LogP contribution < -0.4 is 4.72 Å². The Bertz CT molecular complexity index is 559. The Morgan fingerprint density at radius 3 is 2.19 bits per heavy atom. The van der Waals surface area contributed by atoms with Crippen LogP contribution in [0.5, 0.6) is 0 Å². The molecule has 1 N–H and O–H groups in total. The summed E-state index contributed by atoms with van der Waals surface area (Å²) in [6.07, 6.45) is 0.866. The quantitative estimate of drug-likeness (QED) is 0.808.